The molecule has 0 spiro atoms. The second-order valence-electron chi connectivity index (χ2n) is 6.38. The molecule has 2 heterocycles. The van der Waals surface area contributed by atoms with E-state index >= 15 is 0 Å². The smallest absolute Gasteiger partial charge is 0.249 e. The molecule has 0 radical (unpaired) electrons. The molecule has 3 rings (SSSR count). The maximum Gasteiger partial charge on any atom is 0.249 e. The Morgan fingerprint density at radius 3 is 3.00 bits per heavy atom. The number of allylic oxidation sites excluding steroid dienone is 2. The number of nitrogens with zero attached hydrogens (tertiary/aromatic N) is 1. The number of carbonyl (C=O) groups excluding carboxylic acids is 1. The van der Waals surface area contributed by atoms with Gasteiger partial charge in [-0.3, -0.25) is 4.79 Å². The minimum Gasteiger partial charge on any atom is -0.366 e. The molecule has 128 valence electrons. The zero-order valence-corrected chi connectivity index (χ0v) is 13.7. The molecule has 3 atom stereocenters. The first-order valence-electron chi connectivity index (χ1n) is 8.26. The van der Waals surface area contributed by atoms with E-state index in [9.17, 15) is 9.18 Å². The highest BCUT2D eigenvalue weighted by atomic mass is 19.1. The molecule has 2 aliphatic heterocycles. The summed E-state index contributed by atoms with van der Waals surface area (Å²) in [6, 6.07) is 4.59. The molecule has 5 nitrogen and oxygen atoms in total. The Labute approximate surface area is 141 Å². The van der Waals surface area contributed by atoms with Crippen LogP contribution in [0.4, 0.5) is 4.39 Å². The van der Waals surface area contributed by atoms with Gasteiger partial charge in [0.1, 0.15) is 5.82 Å². The standard InChI is InChI=1S/C18H23FN4O/c1-12-10-14(7-8-21-12)22-23-9-3-2-4-17(23)16-11-13(19)5-6-15(16)18(20)24/h2-6,9,11-12,14,17,21-22H,7-8,10H2,1H3,(H2,20,24). The molecule has 1 saturated heterocycles. The van der Waals surface area contributed by atoms with Gasteiger partial charge in [0.2, 0.25) is 5.91 Å². The first-order valence-corrected chi connectivity index (χ1v) is 8.26. The fourth-order valence-electron chi connectivity index (χ4n) is 3.34. The summed E-state index contributed by atoms with van der Waals surface area (Å²) in [7, 11) is 0. The Balaban J connectivity index is 1.85. The van der Waals surface area contributed by atoms with Crippen molar-refractivity contribution >= 4 is 5.91 Å². The molecule has 24 heavy (non-hydrogen) atoms. The number of amides is 1. The van der Waals surface area contributed by atoms with Gasteiger partial charge in [-0.2, -0.15) is 0 Å². The minimum atomic E-state index is -0.552. The van der Waals surface area contributed by atoms with Crippen molar-refractivity contribution < 1.29 is 9.18 Å². The van der Waals surface area contributed by atoms with Crippen molar-refractivity contribution in [1.29, 1.82) is 0 Å². The van der Waals surface area contributed by atoms with E-state index in [2.05, 4.69) is 17.7 Å². The van der Waals surface area contributed by atoms with Crippen molar-refractivity contribution in [2.24, 2.45) is 5.73 Å². The molecule has 1 amide bonds. The summed E-state index contributed by atoms with van der Waals surface area (Å²) in [5, 5.41) is 5.36. The molecule has 0 aliphatic carbocycles. The van der Waals surface area contributed by atoms with E-state index < -0.39 is 5.91 Å². The molecular weight excluding hydrogens is 307 g/mol. The first-order chi connectivity index (χ1) is 11.5. The molecule has 0 aromatic heterocycles. The quantitative estimate of drug-likeness (QED) is 0.790. The Kier molecular flexibility index (Phi) is 4.97. The second kappa shape index (κ2) is 7.15. The molecule has 0 bridgehead atoms. The van der Waals surface area contributed by atoms with Gasteiger partial charge in [-0.25, -0.2) is 9.82 Å². The molecule has 6 heteroatoms. The number of hydrogen-bond donors (Lipinski definition) is 3. The lowest BCUT2D eigenvalue weighted by molar-refractivity contribution is 0.0996. The fraction of sp³-hybridized carbons (Fsp3) is 0.389. The molecule has 1 fully saturated rings. The summed E-state index contributed by atoms with van der Waals surface area (Å²) >= 11 is 0. The van der Waals surface area contributed by atoms with Gasteiger partial charge >= 0.3 is 0 Å². The van der Waals surface area contributed by atoms with Crippen LogP contribution in [0, 0.1) is 5.82 Å². The van der Waals surface area contributed by atoms with Crippen LogP contribution in [0.2, 0.25) is 0 Å². The van der Waals surface area contributed by atoms with Crippen LogP contribution in [-0.2, 0) is 0 Å². The predicted molar refractivity (Wildman–Crippen MR) is 91.4 cm³/mol. The van der Waals surface area contributed by atoms with Crippen LogP contribution in [0.3, 0.4) is 0 Å². The van der Waals surface area contributed by atoms with Gasteiger partial charge in [0, 0.05) is 23.8 Å². The number of nitrogens with two attached hydrogens (primary N) is 1. The SMILES string of the molecule is CC1CC(NN2C=CC=CC2c2cc(F)ccc2C(N)=O)CCN1. The van der Waals surface area contributed by atoms with E-state index in [4.69, 9.17) is 5.73 Å². The Bertz CT molecular complexity index is 673. The van der Waals surface area contributed by atoms with E-state index in [1.54, 1.807) is 0 Å². The summed E-state index contributed by atoms with van der Waals surface area (Å²) in [4.78, 5) is 11.7. The normalized spacial score (nSPS) is 26.6. The van der Waals surface area contributed by atoms with Crippen LogP contribution in [0.5, 0.6) is 0 Å². The zero-order valence-electron chi connectivity index (χ0n) is 13.7. The Morgan fingerprint density at radius 2 is 2.25 bits per heavy atom. The van der Waals surface area contributed by atoms with Gasteiger partial charge in [-0.1, -0.05) is 12.2 Å². The van der Waals surface area contributed by atoms with Crippen molar-refractivity contribution in [3.05, 3.63) is 59.6 Å². The third-order valence-electron chi connectivity index (χ3n) is 4.50. The van der Waals surface area contributed by atoms with Gasteiger partial charge in [-0.15, -0.1) is 0 Å². The number of halogens is 1. The van der Waals surface area contributed by atoms with Gasteiger partial charge < -0.3 is 16.1 Å². The third kappa shape index (κ3) is 3.66. The summed E-state index contributed by atoms with van der Waals surface area (Å²) in [6.07, 6.45) is 9.66. The van der Waals surface area contributed by atoms with Gasteiger partial charge in [0.05, 0.1) is 6.04 Å². The first kappa shape index (κ1) is 16.7. The zero-order chi connectivity index (χ0) is 17.1. The van der Waals surface area contributed by atoms with Gasteiger partial charge in [0.15, 0.2) is 0 Å². The largest absolute Gasteiger partial charge is 0.366 e. The van der Waals surface area contributed by atoms with Crippen LogP contribution < -0.4 is 16.5 Å². The van der Waals surface area contributed by atoms with Crippen LogP contribution in [0.25, 0.3) is 0 Å². The van der Waals surface area contributed by atoms with Crippen LogP contribution >= 0.6 is 0 Å². The number of carbonyl (C=O) groups is 1. The van der Waals surface area contributed by atoms with E-state index in [-0.39, 0.29) is 11.9 Å². The predicted octanol–water partition coefficient (Wildman–Crippen LogP) is 2.00. The number of hydrogen-bond acceptors (Lipinski definition) is 4. The van der Waals surface area contributed by atoms with Crippen molar-refractivity contribution in [1.82, 2.24) is 15.8 Å². The maximum absolute atomic E-state index is 13.8. The minimum absolute atomic E-state index is 0.279. The van der Waals surface area contributed by atoms with Gasteiger partial charge in [-0.05, 0) is 56.1 Å². The van der Waals surface area contributed by atoms with E-state index in [1.807, 2.05) is 29.4 Å². The molecule has 1 aromatic rings. The molecule has 1 aromatic carbocycles. The lowest BCUT2D eigenvalue weighted by atomic mass is 9.97. The summed E-state index contributed by atoms with van der Waals surface area (Å²) < 4.78 is 13.8. The van der Waals surface area contributed by atoms with E-state index in [1.165, 1.54) is 18.2 Å². The summed E-state index contributed by atoms with van der Waals surface area (Å²) in [5.41, 5.74) is 9.88. The van der Waals surface area contributed by atoms with Crippen LogP contribution in [0.15, 0.2) is 42.6 Å². The number of benzene rings is 1. The number of rotatable bonds is 4. The molecular formula is C18H23FN4O. The Morgan fingerprint density at radius 1 is 1.42 bits per heavy atom. The number of primary amides is 1. The van der Waals surface area contributed by atoms with Gasteiger partial charge in [0.25, 0.3) is 0 Å². The summed E-state index contributed by atoms with van der Waals surface area (Å²) in [6.45, 7) is 3.12. The molecule has 4 N–H and O–H groups in total. The number of hydrazine groups is 1. The van der Waals surface area contributed by atoms with Crippen molar-refractivity contribution in [2.45, 2.75) is 37.9 Å². The van der Waals surface area contributed by atoms with Crippen molar-refractivity contribution in [3.63, 3.8) is 0 Å². The van der Waals surface area contributed by atoms with E-state index in [0.29, 0.717) is 23.2 Å². The summed E-state index contributed by atoms with van der Waals surface area (Å²) in [5.74, 6) is -0.934. The topological polar surface area (TPSA) is 70.4 Å². The number of piperidine rings is 1. The fourth-order valence-corrected chi connectivity index (χ4v) is 3.34. The highest BCUT2D eigenvalue weighted by molar-refractivity contribution is 5.94. The highest BCUT2D eigenvalue weighted by Gasteiger charge is 2.26. The third-order valence-corrected chi connectivity index (χ3v) is 4.50. The second-order valence-corrected chi connectivity index (χ2v) is 6.38. The lowest BCUT2D eigenvalue weighted by Gasteiger charge is -2.38. The van der Waals surface area contributed by atoms with Crippen molar-refractivity contribution in [3.8, 4) is 0 Å². The van der Waals surface area contributed by atoms with Crippen LogP contribution in [-0.4, -0.2) is 29.5 Å². The molecule has 0 saturated carbocycles. The monoisotopic (exact) mass is 330 g/mol. The molecule has 3 unspecified atom stereocenters. The average molecular weight is 330 g/mol. The maximum atomic E-state index is 13.8. The highest BCUT2D eigenvalue weighted by Crippen LogP contribution is 2.28. The van der Waals surface area contributed by atoms with Crippen LogP contribution in [0.1, 0.15) is 41.7 Å². The average Bonchev–Trinajstić information content (AvgIpc) is 2.55. The lowest BCUT2D eigenvalue weighted by Crippen LogP contribution is -2.50. The van der Waals surface area contributed by atoms with E-state index in [0.717, 1.165) is 19.4 Å². The Hall–Kier alpha value is -2.18. The number of nitrogens with one attached hydrogen (secondary N) is 2. The molecule has 2 aliphatic rings. The van der Waals surface area contributed by atoms with Crippen molar-refractivity contribution in [2.75, 3.05) is 6.54 Å².